The lowest BCUT2D eigenvalue weighted by molar-refractivity contribution is -0.0987. The van der Waals surface area contributed by atoms with Crippen molar-refractivity contribution in [3.63, 3.8) is 0 Å². The number of benzene rings is 1. The van der Waals surface area contributed by atoms with Gasteiger partial charge in [0.2, 0.25) is 0 Å². The third-order valence-corrected chi connectivity index (χ3v) is 6.42. The minimum Gasteiger partial charge on any atom is -0.376 e. The SMILES string of the molecule is C[C@H]1C[C@@]2(C[C@@H](c3cn(C)nn3)N1)OCCc1cc(OS(=O)(=O)C(F)(F)F)ccc12. The molecule has 0 bridgehead atoms. The van der Waals surface area contributed by atoms with E-state index in [4.69, 9.17) is 4.74 Å². The third-order valence-electron chi connectivity index (χ3n) is 5.44. The summed E-state index contributed by atoms with van der Waals surface area (Å²) < 4.78 is 72.7. The number of rotatable bonds is 3. The maximum Gasteiger partial charge on any atom is 0.534 e. The summed E-state index contributed by atoms with van der Waals surface area (Å²) in [7, 11) is -3.94. The van der Waals surface area contributed by atoms with Crippen molar-refractivity contribution in [3.05, 3.63) is 41.2 Å². The zero-order valence-corrected chi connectivity index (χ0v) is 17.1. The summed E-state index contributed by atoms with van der Waals surface area (Å²) in [5.74, 6) is -0.365. The second-order valence-corrected chi connectivity index (χ2v) is 9.28. The summed E-state index contributed by atoms with van der Waals surface area (Å²) >= 11 is 0. The highest BCUT2D eigenvalue weighted by atomic mass is 32.2. The van der Waals surface area contributed by atoms with Crippen molar-refractivity contribution >= 4 is 10.1 Å². The van der Waals surface area contributed by atoms with Gasteiger partial charge in [-0.3, -0.25) is 4.68 Å². The molecular formula is C18H21F3N4O4S. The van der Waals surface area contributed by atoms with E-state index in [2.05, 4.69) is 19.8 Å². The van der Waals surface area contributed by atoms with Crippen molar-refractivity contribution in [2.45, 2.75) is 49.4 Å². The number of fused-ring (bicyclic) bond motifs is 2. The molecule has 8 nitrogen and oxygen atoms in total. The largest absolute Gasteiger partial charge is 0.534 e. The van der Waals surface area contributed by atoms with E-state index >= 15 is 0 Å². The lowest BCUT2D eigenvalue weighted by Gasteiger charge is -2.47. The Balaban J connectivity index is 1.66. The van der Waals surface area contributed by atoms with Crippen molar-refractivity contribution < 1.29 is 30.5 Å². The Kier molecular flexibility index (Phi) is 5.06. The van der Waals surface area contributed by atoms with E-state index in [9.17, 15) is 21.6 Å². The number of alkyl halides is 3. The van der Waals surface area contributed by atoms with Crippen molar-refractivity contribution in [2.75, 3.05) is 6.61 Å². The Hall–Kier alpha value is -2.18. The predicted octanol–water partition coefficient (Wildman–Crippen LogP) is 2.32. The van der Waals surface area contributed by atoms with Gasteiger partial charge in [-0.25, -0.2) is 0 Å². The Bertz CT molecular complexity index is 1060. The van der Waals surface area contributed by atoms with Gasteiger partial charge in [-0.1, -0.05) is 11.3 Å². The molecule has 0 aliphatic carbocycles. The fraction of sp³-hybridized carbons (Fsp3) is 0.556. The molecule has 1 fully saturated rings. The van der Waals surface area contributed by atoms with Crippen molar-refractivity contribution in [3.8, 4) is 5.75 Å². The molecule has 2 aliphatic heterocycles. The van der Waals surface area contributed by atoms with Gasteiger partial charge in [0.25, 0.3) is 0 Å². The molecule has 4 rings (SSSR count). The Morgan fingerprint density at radius 3 is 2.77 bits per heavy atom. The van der Waals surface area contributed by atoms with E-state index in [0.717, 1.165) is 11.3 Å². The van der Waals surface area contributed by atoms with E-state index < -0.39 is 21.2 Å². The monoisotopic (exact) mass is 446 g/mol. The molecule has 3 atom stereocenters. The van der Waals surface area contributed by atoms with E-state index in [1.165, 1.54) is 12.1 Å². The summed E-state index contributed by atoms with van der Waals surface area (Å²) in [4.78, 5) is 0. The molecule has 1 aromatic heterocycles. The lowest BCUT2D eigenvalue weighted by Crippen LogP contribution is -2.50. The Morgan fingerprint density at radius 2 is 2.10 bits per heavy atom. The van der Waals surface area contributed by atoms with Crippen LogP contribution in [0.3, 0.4) is 0 Å². The van der Waals surface area contributed by atoms with Crippen LogP contribution >= 0.6 is 0 Å². The first-order valence-electron chi connectivity index (χ1n) is 9.39. The maximum absolute atomic E-state index is 12.6. The molecular weight excluding hydrogens is 425 g/mol. The van der Waals surface area contributed by atoms with Crippen LogP contribution in [0.4, 0.5) is 13.2 Å². The zero-order chi connectivity index (χ0) is 21.7. The molecule has 2 aromatic rings. The van der Waals surface area contributed by atoms with Gasteiger partial charge in [-0.05, 0) is 43.0 Å². The van der Waals surface area contributed by atoms with Crippen molar-refractivity contribution in [1.29, 1.82) is 0 Å². The van der Waals surface area contributed by atoms with Crippen LogP contribution in [-0.4, -0.2) is 41.6 Å². The summed E-state index contributed by atoms with van der Waals surface area (Å²) in [6, 6.07) is 4.16. The van der Waals surface area contributed by atoms with Crippen LogP contribution in [0, 0.1) is 0 Å². The molecule has 3 heterocycles. The van der Waals surface area contributed by atoms with E-state index in [-0.39, 0.29) is 17.8 Å². The summed E-state index contributed by atoms with van der Waals surface area (Å²) in [5, 5.41) is 11.7. The molecule has 0 amide bonds. The normalized spacial score (nSPS) is 27.1. The standard InChI is InChI=1S/C18H21F3N4O4S/c1-11-8-17(9-15(22-11)16-10-25(2)24-23-16)14-4-3-13(7-12(14)5-6-28-17)29-30(26,27)18(19,20)21/h3-4,7,10-11,15,22H,5-6,8-9H2,1-2H3/t11-,15-,17-/m0/s1. The number of hydrogen-bond acceptors (Lipinski definition) is 7. The van der Waals surface area contributed by atoms with Crippen LogP contribution in [-0.2, 0) is 33.9 Å². The average Bonchev–Trinajstić information content (AvgIpc) is 3.06. The number of nitrogens with zero attached hydrogens (tertiary/aromatic N) is 3. The molecule has 0 radical (unpaired) electrons. The van der Waals surface area contributed by atoms with Gasteiger partial charge < -0.3 is 14.2 Å². The second-order valence-electron chi connectivity index (χ2n) is 7.74. The molecule has 1 spiro atoms. The number of halogens is 3. The smallest absolute Gasteiger partial charge is 0.376 e. The van der Waals surface area contributed by atoms with Crippen LogP contribution in [0.2, 0.25) is 0 Å². The van der Waals surface area contributed by atoms with E-state index in [1.807, 2.05) is 13.1 Å². The molecule has 0 unspecified atom stereocenters. The van der Waals surface area contributed by atoms with E-state index in [1.54, 1.807) is 17.8 Å². The topological polar surface area (TPSA) is 95.3 Å². The molecule has 30 heavy (non-hydrogen) atoms. The second kappa shape index (κ2) is 7.20. The number of aromatic nitrogens is 3. The fourth-order valence-corrected chi connectivity index (χ4v) is 4.75. The van der Waals surface area contributed by atoms with Gasteiger partial charge in [0.15, 0.2) is 0 Å². The third kappa shape index (κ3) is 3.79. The summed E-state index contributed by atoms with van der Waals surface area (Å²) in [6.07, 6.45) is 3.48. The van der Waals surface area contributed by atoms with Gasteiger partial charge in [-0.15, -0.1) is 5.10 Å². The van der Waals surface area contributed by atoms with E-state index in [0.29, 0.717) is 31.4 Å². The number of hydrogen-bond donors (Lipinski definition) is 1. The van der Waals surface area contributed by atoms with Crippen molar-refractivity contribution in [1.82, 2.24) is 20.3 Å². The first-order valence-corrected chi connectivity index (χ1v) is 10.8. The van der Waals surface area contributed by atoms with Crippen LogP contribution < -0.4 is 9.50 Å². The summed E-state index contributed by atoms with van der Waals surface area (Å²) in [5.41, 5.74) is -3.84. The van der Waals surface area contributed by atoms with Crippen LogP contribution in [0.5, 0.6) is 5.75 Å². The average molecular weight is 446 g/mol. The van der Waals surface area contributed by atoms with Gasteiger partial charge in [0.05, 0.1) is 23.9 Å². The van der Waals surface area contributed by atoms with Gasteiger partial charge >= 0.3 is 15.6 Å². The minimum atomic E-state index is -5.72. The molecule has 2 aliphatic rings. The minimum absolute atomic E-state index is 0.0817. The molecule has 0 saturated carbocycles. The highest BCUT2D eigenvalue weighted by molar-refractivity contribution is 7.88. The van der Waals surface area contributed by atoms with Gasteiger partial charge in [0, 0.05) is 25.7 Å². The fourth-order valence-electron chi connectivity index (χ4n) is 4.30. The zero-order valence-electron chi connectivity index (χ0n) is 16.3. The maximum atomic E-state index is 12.6. The number of ether oxygens (including phenoxy) is 1. The predicted molar refractivity (Wildman–Crippen MR) is 99.0 cm³/mol. The molecule has 1 aromatic carbocycles. The number of piperidine rings is 1. The van der Waals surface area contributed by atoms with Gasteiger partial charge in [-0.2, -0.15) is 21.6 Å². The molecule has 164 valence electrons. The quantitative estimate of drug-likeness (QED) is 0.571. The Labute approximate surface area is 171 Å². The number of nitrogens with one attached hydrogen (secondary N) is 1. The Morgan fingerprint density at radius 1 is 1.33 bits per heavy atom. The first-order chi connectivity index (χ1) is 14.0. The number of aryl methyl sites for hydroxylation is 1. The van der Waals surface area contributed by atoms with Crippen LogP contribution in [0.25, 0.3) is 0 Å². The highest BCUT2D eigenvalue weighted by Crippen LogP contribution is 2.46. The molecule has 12 heteroatoms. The van der Waals surface area contributed by atoms with Gasteiger partial charge in [0.1, 0.15) is 5.75 Å². The van der Waals surface area contributed by atoms with Crippen LogP contribution in [0.15, 0.2) is 24.4 Å². The first kappa shape index (κ1) is 21.1. The van der Waals surface area contributed by atoms with Crippen molar-refractivity contribution in [2.24, 2.45) is 7.05 Å². The highest BCUT2D eigenvalue weighted by Gasteiger charge is 2.49. The van der Waals surface area contributed by atoms with Crippen LogP contribution in [0.1, 0.15) is 42.6 Å². The summed E-state index contributed by atoms with van der Waals surface area (Å²) in [6.45, 7) is 2.39. The lowest BCUT2D eigenvalue weighted by atomic mass is 9.75. The molecule has 1 N–H and O–H groups in total. The molecule has 1 saturated heterocycles.